The molecular weight excluding hydrogens is 330 g/mol. The molecule has 0 atom stereocenters. The SMILES string of the molecule is COc1ccc2oc(-c3ccc(NC(=O)c4cccnc4)cc3)nc2c1. The van der Waals surface area contributed by atoms with Crippen LogP contribution in [0.2, 0.25) is 0 Å². The quantitative estimate of drug-likeness (QED) is 0.601. The second kappa shape index (κ2) is 6.68. The van der Waals surface area contributed by atoms with E-state index in [0.717, 1.165) is 16.8 Å². The molecule has 0 bridgehead atoms. The van der Waals surface area contributed by atoms with E-state index in [9.17, 15) is 4.79 Å². The van der Waals surface area contributed by atoms with Gasteiger partial charge in [0, 0.05) is 29.7 Å². The summed E-state index contributed by atoms with van der Waals surface area (Å²) in [6, 6.07) is 16.2. The third-order valence-electron chi connectivity index (χ3n) is 3.91. The smallest absolute Gasteiger partial charge is 0.257 e. The van der Waals surface area contributed by atoms with Crippen molar-refractivity contribution in [2.75, 3.05) is 12.4 Å². The predicted molar refractivity (Wildman–Crippen MR) is 98.2 cm³/mol. The number of anilines is 1. The Morgan fingerprint density at radius 3 is 2.69 bits per heavy atom. The fraction of sp³-hybridized carbons (Fsp3) is 0.0500. The van der Waals surface area contributed by atoms with Crippen molar-refractivity contribution in [1.82, 2.24) is 9.97 Å². The predicted octanol–water partition coefficient (Wildman–Crippen LogP) is 4.15. The molecule has 6 nitrogen and oxygen atoms in total. The van der Waals surface area contributed by atoms with Crippen molar-refractivity contribution in [2.24, 2.45) is 0 Å². The van der Waals surface area contributed by atoms with Crippen LogP contribution in [0.1, 0.15) is 10.4 Å². The van der Waals surface area contributed by atoms with E-state index in [0.29, 0.717) is 22.7 Å². The Balaban J connectivity index is 1.55. The lowest BCUT2D eigenvalue weighted by Gasteiger charge is -2.05. The largest absolute Gasteiger partial charge is 0.497 e. The van der Waals surface area contributed by atoms with Crippen LogP contribution >= 0.6 is 0 Å². The van der Waals surface area contributed by atoms with Crippen LogP contribution in [0.25, 0.3) is 22.6 Å². The number of aromatic nitrogens is 2. The van der Waals surface area contributed by atoms with Crippen LogP contribution in [0.3, 0.4) is 0 Å². The van der Waals surface area contributed by atoms with Gasteiger partial charge in [-0.3, -0.25) is 9.78 Å². The third-order valence-corrected chi connectivity index (χ3v) is 3.91. The number of nitrogens with one attached hydrogen (secondary N) is 1. The van der Waals surface area contributed by atoms with Crippen molar-refractivity contribution in [3.63, 3.8) is 0 Å². The number of carbonyl (C=O) groups is 1. The summed E-state index contributed by atoms with van der Waals surface area (Å²) in [6.07, 6.45) is 3.15. The number of fused-ring (bicyclic) bond motifs is 1. The molecule has 0 aliphatic carbocycles. The fourth-order valence-corrected chi connectivity index (χ4v) is 2.55. The maximum atomic E-state index is 12.2. The number of amides is 1. The van der Waals surface area contributed by atoms with E-state index in [4.69, 9.17) is 9.15 Å². The number of methoxy groups -OCH3 is 1. The Morgan fingerprint density at radius 1 is 1.12 bits per heavy atom. The second-order valence-corrected chi connectivity index (χ2v) is 5.63. The summed E-state index contributed by atoms with van der Waals surface area (Å²) >= 11 is 0. The summed E-state index contributed by atoms with van der Waals surface area (Å²) < 4.78 is 11.0. The first-order chi connectivity index (χ1) is 12.7. The summed E-state index contributed by atoms with van der Waals surface area (Å²) in [5.74, 6) is 1.03. The van der Waals surface area contributed by atoms with Crippen LogP contribution in [0.5, 0.6) is 5.75 Å². The molecule has 128 valence electrons. The Labute approximate surface area is 149 Å². The van der Waals surface area contributed by atoms with E-state index in [1.165, 1.54) is 6.20 Å². The topological polar surface area (TPSA) is 77.2 Å². The zero-order valence-corrected chi connectivity index (χ0v) is 14.0. The molecule has 2 aromatic heterocycles. The van der Waals surface area contributed by atoms with Crippen molar-refractivity contribution < 1.29 is 13.9 Å². The molecule has 0 saturated carbocycles. The van der Waals surface area contributed by atoms with Crippen molar-refractivity contribution in [3.05, 3.63) is 72.6 Å². The zero-order chi connectivity index (χ0) is 17.9. The molecule has 0 saturated heterocycles. The molecule has 1 amide bonds. The van der Waals surface area contributed by atoms with E-state index in [1.807, 2.05) is 30.3 Å². The van der Waals surface area contributed by atoms with Gasteiger partial charge in [0.15, 0.2) is 5.58 Å². The highest BCUT2D eigenvalue weighted by molar-refractivity contribution is 6.04. The molecule has 0 fully saturated rings. The average molecular weight is 345 g/mol. The maximum Gasteiger partial charge on any atom is 0.257 e. The summed E-state index contributed by atoms with van der Waals surface area (Å²) in [5, 5.41) is 2.83. The van der Waals surface area contributed by atoms with Crippen LogP contribution in [0, 0.1) is 0 Å². The number of hydrogen-bond acceptors (Lipinski definition) is 5. The van der Waals surface area contributed by atoms with Gasteiger partial charge in [-0.25, -0.2) is 4.98 Å². The fourth-order valence-electron chi connectivity index (χ4n) is 2.55. The number of nitrogens with zero attached hydrogens (tertiary/aromatic N) is 2. The Morgan fingerprint density at radius 2 is 1.96 bits per heavy atom. The average Bonchev–Trinajstić information content (AvgIpc) is 3.12. The highest BCUT2D eigenvalue weighted by Crippen LogP contribution is 2.27. The number of hydrogen-bond donors (Lipinski definition) is 1. The van der Waals surface area contributed by atoms with Gasteiger partial charge in [-0.2, -0.15) is 0 Å². The number of rotatable bonds is 4. The number of carbonyl (C=O) groups excluding carboxylic acids is 1. The number of benzene rings is 2. The van der Waals surface area contributed by atoms with Gasteiger partial charge in [-0.15, -0.1) is 0 Å². The van der Waals surface area contributed by atoms with Crippen LogP contribution in [0.15, 0.2) is 71.4 Å². The van der Waals surface area contributed by atoms with Gasteiger partial charge >= 0.3 is 0 Å². The van der Waals surface area contributed by atoms with Gasteiger partial charge in [0.1, 0.15) is 11.3 Å². The van der Waals surface area contributed by atoms with Crippen LogP contribution in [-0.4, -0.2) is 23.0 Å². The second-order valence-electron chi connectivity index (χ2n) is 5.63. The molecule has 4 rings (SSSR count). The Hall–Kier alpha value is -3.67. The highest BCUT2D eigenvalue weighted by atomic mass is 16.5. The molecule has 0 aliphatic heterocycles. The van der Waals surface area contributed by atoms with E-state index < -0.39 is 0 Å². The van der Waals surface area contributed by atoms with Crippen molar-refractivity contribution in [3.8, 4) is 17.2 Å². The van der Waals surface area contributed by atoms with Gasteiger partial charge in [0.2, 0.25) is 5.89 Å². The van der Waals surface area contributed by atoms with Crippen LogP contribution < -0.4 is 10.1 Å². The van der Waals surface area contributed by atoms with Crippen molar-refractivity contribution in [1.29, 1.82) is 0 Å². The molecule has 6 heteroatoms. The summed E-state index contributed by atoms with van der Waals surface area (Å²) in [7, 11) is 1.61. The van der Waals surface area contributed by atoms with E-state index in [-0.39, 0.29) is 5.91 Å². The van der Waals surface area contributed by atoms with Gasteiger partial charge in [0.25, 0.3) is 5.91 Å². The Bertz CT molecular complexity index is 1060. The number of ether oxygens (including phenoxy) is 1. The molecule has 0 aliphatic rings. The molecular formula is C20H15N3O3. The minimum atomic E-state index is -0.209. The summed E-state index contributed by atoms with van der Waals surface area (Å²) in [4.78, 5) is 20.6. The molecule has 26 heavy (non-hydrogen) atoms. The van der Waals surface area contributed by atoms with Gasteiger partial charge < -0.3 is 14.5 Å². The monoisotopic (exact) mass is 345 g/mol. The third kappa shape index (κ3) is 3.12. The zero-order valence-electron chi connectivity index (χ0n) is 14.0. The molecule has 0 unspecified atom stereocenters. The van der Waals surface area contributed by atoms with Gasteiger partial charge in [-0.1, -0.05) is 0 Å². The maximum absolute atomic E-state index is 12.2. The highest BCUT2D eigenvalue weighted by Gasteiger charge is 2.10. The first-order valence-corrected chi connectivity index (χ1v) is 7.99. The first-order valence-electron chi connectivity index (χ1n) is 7.99. The minimum Gasteiger partial charge on any atom is -0.497 e. The van der Waals surface area contributed by atoms with Gasteiger partial charge in [0.05, 0.1) is 12.7 Å². The lowest BCUT2D eigenvalue weighted by molar-refractivity contribution is 0.102. The molecule has 2 aromatic carbocycles. The molecule has 1 N–H and O–H groups in total. The lowest BCUT2D eigenvalue weighted by atomic mass is 10.2. The minimum absolute atomic E-state index is 0.209. The number of pyridine rings is 1. The Kier molecular flexibility index (Phi) is 4.07. The number of oxazole rings is 1. The lowest BCUT2D eigenvalue weighted by Crippen LogP contribution is -2.11. The van der Waals surface area contributed by atoms with Crippen LogP contribution in [-0.2, 0) is 0 Å². The van der Waals surface area contributed by atoms with Crippen LogP contribution in [0.4, 0.5) is 5.69 Å². The summed E-state index contributed by atoms with van der Waals surface area (Å²) in [5.41, 5.74) is 3.42. The summed E-state index contributed by atoms with van der Waals surface area (Å²) in [6.45, 7) is 0. The molecule has 4 aromatic rings. The van der Waals surface area contributed by atoms with Crippen molar-refractivity contribution >= 4 is 22.7 Å². The first kappa shape index (κ1) is 15.8. The van der Waals surface area contributed by atoms with E-state index in [2.05, 4.69) is 15.3 Å². The van der Waals surface area contributed by atoms with E-state index in [1.54, 1.807) is 37.6 Å². The van der Waals surface area contributed by atoms with Crippen molar-refractivity contribution in [2.45, 2.75) is 0 Å². The van der Waals surface area contributed by atoms with E-state index >= 15 is 0 Å². The van der Waals surface area contributed by atoms with Gasteiger partial charge in [-0.05, 0) is 48.5 Å². The normalized spacial score (nSPS) is 10.7. The molecule has 0 spiro atoms. The molecule has 0 radical (unpaired) electrons. The standard InChI is InChI=1S/C20H15N3O3/c1-25-16-8-9-18-17(11-16)23-20(26-18)13-4-6-15(7-5-13)22-19(24)14-3-2-10-21-12-14/h2-12H,1H3,(H,22,24). The molecule has 2 heterocycles.